The number of aromatic amines is 1. The standard InChI is InChI=1S/C26H21ClF3N5O5/c1-38-18-5-3-14(4-6-18)13-35-17(10-20(39-2)24(36)34-35)11-21-32-23(26(28,29)30)22(25(37)33-21)40-19-8-15(12-31)7-16(27)9-19/h3-10,20H,11,13H2,1-2H3,(H,34,36)(H,32,33,37). The number of nitrogens with zero attached hydrogens (tertiary/aromatic N) is 3. The number of allylic oxidation sites excluding steroid dienone is 1. The molecule has 1 unspecified atom stereocenters. The predicted molar refractivity (Wildman–Crippen MR) is 135 cm³/mol. The van der Waals surface area contributed by atoms with Crippen LogP contribution in [-0.2, 0) is 28.7 Å². The van der Waals surface area contributed by atoms with Crippen molar-refractivity contribution < 1.29 is 32.2 Å². The molecule has 2 N–H and O–H groups in total. The Morgan fingerprint density at radius 2 is 1.85 bits per heavy atom. The summed E-state index contributed by atoms with van der Waals surface area (Å²) >= 11 is 5.91. The highest BCUT2D eigenvalue weighted by Crippen LogP contribution is 2.35. The molecule has 1 amide bonds. The van der Waals surface area contributed by atoms with Crippen LogP contribution in [-0.4, -0.2) is 41.2 Å². The van der Waals surface area contributed by atoms with E-state index in [1.54, 1.807) is 30.3 Å². The maximum atomic E-state index is 14.0. The summed E-state index contributed by atoms with van der Waals surface area (Å²) in [5, 5.41) is 10.6. The third-order valence-corrected chi connectivity index (χ3v) is 5.93. The fourth-order valence-electron chi connectivity index (χ4n) is 3.85. The van der Waals surface area contributed by atoms with Gasteiger partial charge >= 0.3 is 6.18 Å². The largest absolute Gasteiger partial charge is 0.497 e. The minimum Gasteiger partial charge on any atom is -0.497 e. The Morgan fingerprint density at radius 3 is 2.48 bits per heavy atom. The lowest BCUT2D eigenvalue weighted by molar-refractivity contribution is -0.142. The van der Waals surface area contributed by atoms with Gasteiger partial charge in [0.2, 0.25) is 5.75 Å². The van der Waals surface area contributed by atoms with E-state index in [4.69, 9.17) is 31.1 Å². The molecule has 10 nitrogen and oxygen atoms in total. The Labute approximate surface area is 230 Å². The van der Waals surface area contributed by atoms with Crippen LogP contribution in [0.2, 0.25) is 5.02 Å². The molecule has 2 aromatic carbocycles. The molecule has 1 atom stereocenters. The third kappa shape index (κ3) is 6.53. The van der Waals surface area contributed by atoms with Gasteiger partial charge < -0.3 is 19.2 Å². The monoisotopic (exact) mass is 575 g/mol. The number of aromatic nitrogens is 2. The minimum absolute atomic E-state index is 0.0213. The summed E-state index contributed by atoms with van der Waals surface area (Å²) in [5.74, 6) is -1.57. The van der Waals surface area contributed by atoms with Crippen LogP contribution in [0.3, 0.4) is 0 Å². The Morgan fingerprint density at radius 1 is 1.12 bits per heavy atom. The number of carbonyl (C=O) groups excluding carboxylic acids is 1. The topological polar surface area (TPSA) is 130 Å². The number of methoxy groups -OCH3 is 2. The van der Waals surface area contributed by atoms with Gasteiger partial charge in [0.15, 0.2) is 11.8 Å². The molecular formula is C26H21ClF3N5O5. The van der Waals surface area contributed by atoms with Gasteiger partial charge in [0, 0.05) is 24.3 Å². The van der Waals surface area contributed by atoms with Crippen molar-refractivity contribution in [2.75, 3.05) is 14.2 Å². The van der Waals surface area contributed by atoms with Gasteiger partial charge in [-0.2, -0.15) is 18.4 Å². The van der Waals surface area contributed by atoms with Crippen molar-refractivity contribution in [3.8, 4) is 23.3 Å². The van der Waals surface area contributed by atoms with E-state index >= 15 is 0 Å². The van der Waals surface area contributed by atoms with Crippen LogP contribution in [0, 0.1) is 11.3 Å². The Hall–Kier alpha value is -4.54. The molecule has 1 aliphatic rings. The highest BCUT2D eigenvalue weighted by molar-refractivity contribution is 6.30. The minimum atomic E-state index is -5.07. The first-order valence-electron chi connectivity index (χ1n) is 11.5. The number of benzene rings is 2. The zero-order chi connectivity index (χ0) is 29.0. The molecule has 0 radical (unpaired) electrons. The molecule has 0 spiro atoms. The molecule has 14 heteroatoms. The van der Waals surface area contributed by atoms with Gasteiger partial charge in [-0.1, -0.05) is 23.7 Å². The molecule has 40 heavy (non-hydrogen) atoms. The van der Waals surface area contributed by atoms with Gasteiger partial charge in [-0.25, -0.2) is 4.98 Å². The van der Waals surface area contributed by atoms with Gasteiger partial charge in [-0.3, -0.25) is 20.0 Å². The molecule has 2 heterocycles. The van der Waals surface area contributed by atoms with E-state index in [0.717, 1.165) is 17.7 Å². The van der Waals surface area contributed by atoms with Crippen molar-refractivity contribution in [3.63, 3.8) is 0 Å². The zero-order valence-corrected chi connectivity index (χ0v) is 21.8. The molecule has 0 saturated heterocycles. The lowest BCUT2D eigenvalue weighted by Crippen LogP contribution is -2.50. The van der Waals surface area contributed by atoms with Crippen molar-refractivity contribution in [1.82, 2.24) is 20.4 Å². The van der Waals surface area contributed by atoms with Crippen LogP contribution in [0.4, 0.5) is 13.2 Å². The van der Waals surface area contributed by atoms with Gasteiger partial charge in [0.1, 0.15) is 17.3 Å². The van der Waals surface area contributed by atoms with E-state index in [2.05, 4.69) is 15.4 Å². The molecule has 4 rings (SSSR count). The van der Waals surface area contributed by atoms with Crippen LogP contribution >= 0.6 is 11.6 Å². The number of hydrazine groups is 1. The Bertz CT molecular complexity index is 1550. The maximum absolute atomic E-state index is 14.0. The summed E-state index contributed by atoms with van der Waals surface area (Å²) in [4.78, 5) is 31.3. The molecule has 0 fully saturated rings. The van der Waals surface area contributed by atoms with E-state index in [0.29, 0.717) is 11.4 Å². The van der Waals surface area contributed by atoms with Crippen molar-refractivity contribution in [2.24, 2.45) is 0 Å². The van der Waals surface area contributed by atoms with E-state index in [-0.39, 0.29) is 35.1 Å². The average molecular weight is 576 g/mol. The van der Waals surface area contributed by atoms with Crippen molar-refractivity contribution in [2.45, 2.75) is 25.2 Å². The number of alkyl halides is 3. The number of ether oxygens (including phenoxy) is 3. The first kappa shape index (κ1) is 28.5. The number of hydrogen-bond donors (Lipinski definition) is 2. The van der Waals surface area contributed by atoms with Gasteiger partial charge in [0.25, 0.3) is 11.5 Å². The second-order valence-corrected chi connectivity index (χ2v) is 8.92. The number of hydrogen-bond acceptors (Lipinski definition) is 8. The lowest BCUT2D eigenvalue weighted by Gasteiger charge is -2.33. The van der Waals surface area contributed by atoms with E-state index < -0.39 is 35.2 Å². The zero-order valence-electron chi connectivity index (χ0n) is 21.0. The summed E-state index contributed by atoms with van der Waals surface area (Å²) in [7, 11) is 2.82. The predicted octanol–water partition coefficient (Wildman–Crippen LogP) is 4.10. The smallest absolute Gasteiger partial charge is 0.437 e. The molecule has 0 bridgehead atoms. The van der Waals surface area contributed by atoms with Crippen LogP contribution in [0.15, 0.2) is 59.0 Å². The van der Waals surface area contributed by atoms with Crippen molar-refractivity contribution in [3.05, 3.63) is 92.3 Å². The number of nitriles is 1. The Balaban J connectivity index is 1.69. The molecule has 3 aromatic rings. The normalized spacial score (nSPS) is 15.2. The number of rotatable bonds is 8. The van der Waals surface area contributed by atoms with Crippen LogP contribution in [0.25, 0.3) is 0 Å². The molecule has 1 aliphatic heterocycles. The van der Waals surface area contributed by atoms with Crippen LogP contribution in [0.5, 0.6) is 17.2 Å². The summed E-state index contributed by atoms with van der Waals surface area (Å²) in [5.41, 5.74) is 0.961. The van der Waals surface area contributed by atoms with Gasteiger partial charge in [-0.15, -0.1) is 0 Å². The molecule has 0 saturated carbocycles. The number of halogens is 4. The highest BCUT2D eigenvalue weighted by Gasteiger charge is 2.39. The number of H-pyrrole nitrogens is 1. The SMILES string of the molecule is COc1ccc(CN2NC(=O)C(OC)C=C2Cc2nc(C(F)(F)F)c(Oc3cc(Cl)cc(C#N)c3)c(=O)[nH]2)cc1. The van der Waals surface area contributed by atoms with Crippen LogP contribution < -0.4 is 20.5 Å². The van der Waals surface area contributed by atoms with E-state index in [1.807, 2.05) is 0 Å². The van der Waals surface area contributed by atoms with Gasteiger partial charge in [-0.05, 0) is 42.0 Å². The fraction of sp³-hybridized carbons (Fsp3) is 0.231. The third-order valence-electron chi connectivity index (χ3n) is 5.71. The highest BCUT2D eigenvalue weighted by atomic mass is 35.5. The number of nitrogens with one attached hydrogen (secondary N) is 2. The van der Waals surface area contributed by atoms with Crippen LogP contribution in [0.1, 0.15) is 22.6 Å². The summed E-state index contributed by atoms with van der Waals surface area (Å²) in [6.45, 7) is 0.144. The summed E-state index contributed by atoms with van der Waals surface area (Å²) in [6.07, 6.45) is -4.96. The number of carbonyl (C=O) groups is 1. The van der Waals surface area contributed by atoms with Crippen molar-refractivity contribution >= 4 is 17.5 Å². The second kappa shape index (κ2) is 11.7. The van der Waals surface area contributed by atoms with Crippen molar-refractivity contribution in [1.29, 1.82) is 5.26 Å². The molecule has 208 valence electrons. The molecular weight excluding hydrogens is 555 g/mol. The maximum Gasteiger partial charge on any atom is 0.437 e. The second-order valence-electron chi connectivity index (χ2n) is 8.48. The Kier molecular flexibility index (Phi) is 8.32. The van der Waals surface area contributed by atoms with E-state index in [9.17, 15) is 22.8 Å². The lowest BCUT2D eigenvalue weighted by atomic mass is 10.1. The summed E-state index contributed by atoms with van der Waals surface area (Å²) in [6, 6.07) is 12.3. The molecule has 1 aromatic heterocycles. The van der Waals surface area contributed by atoms with Gasteiger partial charge in [0.05, 0.1) is 25.3 Å². The first-order valence-corrected chi connectivity index (χ1v) is 11.9. The average Bonchev–Trinajstić information content (AvgIpc) is 2.91. The fourth-order valence-corrected chi connectivity index (χ4v) is 4.07. The first-order chi connectivity index (χ1) is 19.0. The molecule has 0 aliphatic carbocycles. The number of amides is 1. The summed E-state index contributed by atoms with van der Waals surface area (Å²) < 4.78 is 57.6. The quantitative estimate of drug-likeness (QED) is 0.411. The van der Waals surface area contributed by atoms with E-state index in [1.165, 1.54) is 31.4 Å².